The Kier molecular flexibility index (Phi) is 6.47. The molecular formula is C26H20ClFN2O6. The van der Waals surface area contributed by atoms with E-state index in [9.17, 15) is 14.0 Å². The lowest BCUT2D eigenvalue weighted by Crippen LogP contribution is -2.41. The molecule has 0 fully saturated rings. The van der Waals surface area contributed by atoms with Gasteiger partial charge >= 0.3 is 12.1 Å². The minimum Gasteiger partial charge on any atom is -0.482 e. The molecule has 184 valence electrons. The van der Waals surface area contributed by atoms with Gasteiger partial charge in [-0.1, -0.05) is 29.8 Å². The van der Waals surface area contributed by atoms with E-state index in [1.54, 1.807) is 36.4 Å². The molecule has 1 amide bonds. The summed E-state index contributed by atoms with van der Waals surface area (Å²) in [5.41, 5.74) is 3.05. The van der Waals surface area contributed by atoms with Crippen molar-refractivity contribution in [3.8, 4) is 5.75 Å². The first-order valence-corrected chi connectivity index (χ1v) is 11.5. The minimum atomic E-state index is -1.16. The van der Waals surface area contributed by atoms with Crippen LogP contribution in [-0.2, 0) is 22.6 Å². The molecule has 1 aliphatic heterocycles. The quantitative estimate of drug-likeness (QED) is 0.372. The number of rotatable bonds is 6. The lowest BCUT2D eigenvalue weighted by atomic mass is 9.88. The molecule has 0 aliphatic carbocycles. The Balaban J connectivity index is 1.48. The SMILES string of the molecule is O=C(O)COc1ccc(Cl)cc1[C@@H]1c2ccc(F)cc2CCN1C(=O)OCc1nc2ccccc2o1. The largest absolute Gasteiger partial charge is 0.482 e. The number of aromatic nitrogens is 1. The van der Waals surface area contributed by atoms with E-state index in [-0.39, 0.29) is 24.8 Å². The number of carbonyl (C=O) groups is 2. The normalized spacial score (nSPS) is 14.9. The Morgan fingerprint density at radius 2 is 1.97 bits per heavy atom. The molecule has 1 aliphatic rings. The molecule has 2 heterocycles. The van der Waals surface area contributed by atoms with Gasteiger partial charge in [-0.05, 0) is 60.0 Å². The van der Waals surface area contributed by atoms with Crippen molar-refractivity contribution in [2.24, 2.45) is 0 Å². The second kappa shape index (κ2) is 9.87. The van der Waals surface area contributed by atoms with E-state index in [0.717, 1.165) is 0 Å². The van der Waals surface area contributed by atoms with Gasteiger partial charge in [-0.15, -0.1) is 0 Å². The first-order chi connectivity index (χ1) is 17.4. The zero-order valence-electron chi connectivity index (χ0n) is 18.8. The van der Waals surface area contributed by atoms with E-state index in [2.05, 4.69) is 4.98 Å². The van der Waals surface area contributed by atoms with E-state index in [4.69, 9.17) is 30.6 Å². The van der Waals surface area contributed by atoms with Crippen LogP contribution in [0.3, 0.4) is 0 Å². The summed E-state index contributed by atoms with van der Waals surface area (Å²) in [6.45, 7) is -0.552. The molecule has 0 bridgehead atoms. The molecule has 3 aromatic carbocycles. The van der Waals surface area contributed by atoms with Crippen LogP contribution < -0.4 is 4.74 Å². The van der Waals surface area contributed by atoms with Gasteiger partial charge in [0, 0.05) is 17.1 Å². The molecule has 1 atom stereocenters. The summed E-state index contributed by atoms with van der Waals surface area (Å²) in [6, 6.07) is 15.5. The highest BCUT2D eigenvalue weighted by Crippen LogP contribution is 2.41. The van der Waals surface area contributed by atoms with Crippen molar-refractivity contribution in [3.63, 3.8) is 0 Å². The third-order valence-electron chi connectivity index (χ3n) is 5.84. The number of hydrogen-bond acceptors (Lipinski definition) is 6. The third kappa shape index (κ3) is 4.83. The molecule has 0 radical (unpaired) electrons. The molecule has 1 aromatic heterocycles. The van der Waals surface area contributed by atoms with Crippen molar-refractivity contribution >= 4 is 34.8 Å². The molecular weight excluding hydrogens is 491 g/mol. The fraction of sp³-hybridized carbons (Fsp3) is 0.192. The van der Waals surface area contributed by atoms with Crippen molar-refractivity contribution in [3.05, 3.63) is 94.1 Å². The Morgan fingerprint density at radius 3 is 2.78 bits per heavy atom. The van der Waals surface area contributed by atoms with Gasteiger partial charge in [0.25, 0.3) is 0 Å². The number of fused-ring (bicyclic) bond motifs is 2. The fourth-order valence-corrected chi connectivity index (χ4v) is 4.50. The average Bonchev–Trinajstić information content (AvgIpc) is 3.28. The Morgan fingerprint density at radius 1 is 1.14 bits per heavy atom. The minimum absolute atomic E-state index is 0.190. The lowest BCUT2D eigenvalue weighted by Gasteiger charge is -2.37. The number of oxazole rings is 1. The van der Waals surface area contributed by atoms with E-state index < -0.39 is 30.5 Å². The lowest BCUT2D eigenvalue weighted by molar-refractivity contribution is -0.139. The summed E-state index contributed by atoms with van der Waals surface area (Å²) in [4.78, 5) is 30.2. The van der Waals surface area contributed by atoms with E-state index in [0.29, 0.717) is 39.2 Å². The molecule has 0 saturated carbocycles. The molecule has 1 N–H and O–H groups in total. The van der Waals surface area contributed by atoms with E-state index >= 15 is 0 Å². The molecule has 10 heteroatoms. The van der Waals surface area contributed by atoms with Crippen LogP contribution in [0.15, 0.2) is 65.1 Å². The summed E-state index contributed by atoms with van der Waals surface area (Å²) >= 11 is 6.27. The second-order valence-electron chi connectivity index (χ2n) is 8.18. The van der Waals surface area contributed by atoms with Gasteiger partial charge in [-0.2, -0.15) is 0 Å². The standard InChI is InChI=1S/C26H20ClFN2O6/c27-16-5-8-21(34-14-24(31)32)19(12-16)25-18-7-6-17(28)11-15(18)9-10-30(25)26(33)35-13-23-29-20-3-1-2-4-22(20)36-23/h1-8,11-12,25H,9-10,13-14H2,(H,31,32)/t25-/m0/s1. The Hall–Kier alpha value is -4.11. The number of amides is 1. The molecule has 0 spiro atoms. The van der Waals surface area contributed by atoms with Crippen LogP contribution >= 0.6 is 11.6 Å². The van der Waals surface area contributed by atoms with Gasteiger partial charge in [0.05, 0.1) is 6.04 Å². The summed E-state index contributed by atoms with van der Waals surface area (Å²) < 4.78 is 30.7. The number of nitrogens with zero attached hydrogens (tertiary/aromatic N) is 2. The highest BCUT2D eigenvalue weighted by molar-refractivity contribution is 6.30. The van der Waals surface area contributed by atoms with Crippen LogP contribution in [-0.4, -0.2) is 40.2 Å². The van der Waals surface area contributed by atoms with Crippen LogP contribution in [0.25, 0.3) is 11.1 Å². The number of halogens is 2. The van der Waals surface area contributed by atoms with Gasteiger partial charge in [0.1, 0.15) is 17.1 Å². The van der Waals surface area contributed by atoms with Crippen LogP contribution in [0.4, 0.5) is 9.18 Å². The van der Waals surface area contributed by atoms with Gasteiger partial charge in [-0.3, -0.25) is 4.90 Å². The predicted molar refractivity (Wildman–Crippen MR) is 127 cm³/mol. The van der Waals surface area contributed by atoms with Crippen LogP contribution in [0.2, 0.25) is 5.02 Å². The number of carboxylic acid groups (broad SMARTS) is 1. The van der Waals surface area contributed by atoms with Gasteiger partial charge in [0.15, 0.2) is 18.8 Å². The number of carbonyl (C=O) groups excluding carboxylic acids is 1. The zero-order valence-corrected chi connectivity index (χ0v) is 19.6. The summed E-state index contributed by atoms with van der Waals surface area (Å²) in [7, 11) is 0. The molecule has 4 aromatic rings. The first kappa shape index (κ1) is 23.6. The number of aliphatic carboxylic acids is 1. The molecule has 5 rings (SSSR count). The Bertz CT molecular complexity index is 1420. The maximum absolute atomic E-state index is 14.0. The molecule has 36 heavy (non-hydrogen) atoms. The maximum atomic E-state index is 14.0. The number of hydrogen-bond donors (Lipinski definition) is 1. The van der Waals surface area contributed by atoms with Crippen molar-refractivity contribution in [2.75, 3.05) is 13.2 Å². The summed E-state index contributed by atoms with van der Waals surface area (Å²) in [6.07, 6.45) is -0.255. The Labute approximate surface area is 209 Å². The maximum Gasteiger partial charge on any atom is 0.411 e. The second-order valence-corrected chi connectivity index (χ2v) is 8.62. The first-order valence-electron chi connectivity index (χ1n) is 11.1. The zero-order chi connectivity index (χ0) is 25.2. The summed E-state index contributed by atoms with van der Waals surface area (Å²) in [5.74, 6) is -1.07. The topological polar surface area (TPSA) is 102 Å². The van der Waals surface area contributed by atoms with Crippen LogP contribution in [0.1, 0.15) is 28.6 Å². The third-order valence-corrected chi connectivity index (χ3v) is 6.08. The predicted octanol–water partition coefficient (Wildman–Crippen LogP) is 5.37. The number of para-hydroxylation sites is 2. The van der Waals surface area contributed by atoms with Crippen LogP contribution in [0.5, 0.6) is 5.75 Å². The fourth-order valence-electron chi connectivity index (χ4n) is 4.32. The molecule has 0 unspecified atom stereocenters. The average molecular weight is 511 g/mol. The highest BCUT2D eigenvalue weighted by atomic mass is 35.5. The van der Waals surface area contributed by atoms with Gasteiger partial charge in [0.2, 0.25) is 5.89 Å². The van der Waals surface area contributed by atoms with Crippen molar-refractivity contribution in [2.45, 2.75) is 19.1 Å². The molecule has 8 nitrogen and oxygen atoms in total. The van der Waals surface area contributed by atoms with Crippen molar-refractivity contribution in [1.29, 1.82) is 0 Å². The smallest absolute Gasteiger partial charge is 0.411 e. The van der Waals surface area contributed by atoms with E-state index in [1.807, 2.05) is 12.1 Å². The highest BCUT2D eigenvalue weighted by Gasteiger charge is 2.35. The van der Waals surface area contributed by atoms with Crippen molar-refractivity contribution < 1.29 is 33.0 Å². The molecule has 0 saturated heterocycles. The van der Waals surface area contributed by atoms with Crippen molar-refractivity contribution in [1.82, 2.24) is 9.88 Å². The van der Waals surface area contributed by atoms with Gasteiger partial charge in [-0.25, -0.2) is 19.0 Å². The monoisotopic (exact) mass is 510 g/mol. The van der Waals surface area contributed by atoms with E-state index in [1.165, 1.54) is 17.0 Å². The van der Waals surface area contributed by atoms with Gasteiger partial charge < -0.3 is 19.0 Å². The number of benzene rings is 3. The summed E-state index contributed by atoms with van der Waals surface area (Å²) in [5, 5.41) is 9.46. The number of ether oxygens (including phenoxy) is 2. The number of carboxylic acids is 1. The van der Waals surface area contributed by atoms with Crippen LogP contribution in [0, 0.1) is 5.82 Å².